The van der Waals surface area contributed by atoms with Crippen molar-refractivity contribution < 1.29 is 13.5 Å². The van der Waals surface area contributed by atoms with Crippen molar-refractivity contribution in [2.24, 2.45) is 5.41 Å². The van der Waals surface area contributed by atoms with Crippen molar-refractivity contribution >= 4 is 9.84 Å². The summed E-state index contributed by atoms with van der Waals surface area (Å²) in [6.45, 7) is 1.78. The number of hydrogen-bond donors (Lipinski definition) is 1. The van der Waals surface area contributed by atoms with Crippen LogP contribution in [-0.4, -0.2) is 25.4 Å². The molecule has 4 heteroatoms. The molecule has 1 heterocycles. The van der Waals surface area contributed by atoms with Gasteiger partial charge in [-0.3, -0.25) is 0 Å². The summed E-state index contributed by atoms with van der Waals surface area (Å²) in [5.41, 5.74) is 0.713. The van der Waals surface area contributed by atoms with Gasteiger partial charge in [-0.15, -0.1) is 0 Å². The lowest BCUT2D eigenvalue weighted by molar-refractivity contribution is 0.0964. The van der Waals surface area contributed by atoms with E-state index in [2.05, 4.69) is 0 Å². The van der Waals surface area contributed by atoms with Crippen molar-refractivity contribution in [3.8, 4) is 0 Å². The molecule has 0 saturated heterocycles. The molecule has 0 spiro atoms. The lowest BCUT2D eigenvalue weighted by Crippen LogP contribution is -2.27. The Kier molecular flexibility index (Phi) is 2.20. The molecule has 1 aliphatic heterocycles. The smallest absolute Gasteiger partial charge is 0.179 e. The van der Waals surface area contributed by atoms with Gasteiger partial charge in [-0.2, -0.15) is 0 Å². The third-order valence-corrected chi connectivity index (χ3v) is 6.18. The van der Waals surface area contributed by atoms with Gasteiger partial charge in [0.1, 0.15) is 0 Å². The summed E-state index contributed by atoms with van der Waals surface area (Å²) in [5, 5.41) is 9.90. The second kappa shape index (κ2) is 3.33. The monoisotopic (exact) mass is 252 g/mol. The molecule has 0 radical (unpaired) electrons. The maximum atomic E-state index is 12.1. The molecule has 1 aromatic rings. The first kappa shape index (κ1) is 11.2. The van der Waals surface area contributed by atoms with Crippen molar-refractivity contribution in [1.29, 1.82) is 0 Å². The molecule has 2 aliphatic rings. The average molecular weight is 252 g/mol. The van der Waals surface area contributed by atoms with Gasteiger partial charge in [0.2, 0.25) is 0 Å². The lowest BCUT2D eigenvalue weighted by Gasteiger charge is -2.25. The largest absolute Gasteiger partial charge is 0.393 e. The summed E-state index contributed by atoms with van der Waals surface area (Å²) < 4.78 is 24.2. The fourth-order valence-corrected chi connectivity index (χ4v) is 5.11. The summed E-state index contributed by atoms with van der Waals surface area (Å²) in [4.78, 5) is 0.469. The number of hydrogen-bond acceptors (Lipinski definition) is 3. The molecule has 1 saturated carbocycles. The molecule has 0 bridgehead atoms. The molecule has 1 fully saturated rings. The van der Waals surface area contributed by atoms with E-state index in [1.165, 1.54) is 0 Å². The van der Waals surface area contributed by atoms with Gasteiger partial charge in [0.25, 0.3) is 0 Å². The third-order valence-electron chi connectivity index (χ3n) is 4.37. The SMILES string of the molecule is CC(O)C1(C2CS(=O)(=O)c3ccccc32)CC1. The van der Waals surface area contributed by atoms with Gasteiger partial charge in [-0.1, -0.05) is 18.2 Å². The van der Waals surface area contributed by atoms with Gasteiger partial charge in [0.05, 0.1) is 16.8 Å². The summed E-state index contributed by atoms with van der Waals surface area (Å²) in [7, 11) is -3.14. The van der Waals surface area contributed by atoms with Crippen molar-refractivity contribution in [2.45, 2.75) is 36.7 Å². The number of benzene rings is 1. The van der Waals surface area contributed by atoms with Crippen LogP contribution in [0, 0.1) is 5.41 Å². The highest BCUT2D eigenvalue weighted by Gasteiger charge is 2.57. The zero-order valence-electron chi connectivity index (χ0n) is 9.76. The van der Waals surface area contributed by atoms with Gasteiger partial charge < -0.3 is 5.11 Å². The van der Waals surface area contributed by atoms with Crippen LogP contribution in [0.15, 0.2) is 29.2 Å². The minimum Gasteiger partial charge on any atom is -0.393 e. The van der Waals surface area contributed by atoms with E-state index in [1.807, 2.05) is 12.1 Å². The zero-order valence-corrected chi connectivity index (χ0v) is 10.6. The first-order chi connectivity index (χ1) is 7.97. The van der Waals surface area contributed by atoms with Crippen LogP contribution < -0.4 is 0 Å². The normalized spacial score (nSPS) is 29.6. The Morgan fingerprint density at radius 3 is 2.59 bits per heavy atom. The van der Waals surface area contributed by atoms with Gasteiger partial charge >= 0.3 is 0 Å². The van der Waals surface area contributed by atoms with Crippen molar-refractivity contribution in [3.05, 3.63) is 29.8 Å². The molecule has 0 aromatic heterocycles. The number of sulfone groups is 1. The van der Waals surface area contributed by atoms with Crippen molar-refractivity contribution in [2.75, 3.05) is 5.75 Å². The average Bonchev–Trinajstić information content (AvgIpc) is 3.03. The molecule has 3 rings (SSSR count). The highest BCUT2D eigenvalue weighted by molar-refractivity contribution is 7.91. The third kappa shape index (κ3) is 1.47. The Labute approximate surface area is 101 Å². The second-order valence-corrected chi connectivity index (χ2v) is 7.28. The van der Waals surface area contributed by atoms with Crippen LogP contribution in [0.1, 0.15) is 31.2 Å². The van der Waals surface area contributed by atoms with Gasteiger partial charge in [-0.25, -0.2) is 8.42 Å². The van der Waals surface area contributed by atoms with E-state index in [-0.39, 0.29) is 17.1 Å². The molecular formula is C13H16O3S. The van der Waals surface area contributed by atoms with E-state index in [0.29, 0.717) is 4.90 Å². The molecule has 2 atom stereocenters. The molecular weight excluding hydrogens is 236 g/mol. The Morgan fingerprint density at radius 1 is 1.35 bits per heavy atom. The second-order valence-electron chi connectivity index (χ2n) is 5.28. The van der Waals surface area contributed by atoms with Crippen LogP contribution in [0.5, 0.6) is 0 Å². The molecule has 3 nitrogen and oxygen atoms in total. The predicted molar refractivity (Wildman–Crippen MR) is 64.6 cm³/mol. The number of rotatable bonds is 2. The van der Waals surface area contributed by atoms with Gasteiger partial charge in [0, 0.05) is 11.3 Å². The fraction of sp³-hybridized carbons (Fsp3) is 0.538. The topological polar surface area (TPSA) is 54.4 Å². The minimum absolute atomic E-state index is 0.0244. The van der Waals surface area contributed by atoms with E-state index >= 15 is 0 Å². The summed E-state index contributed by atoms with van der Waals surface area (Å²) in [6.07, 6.45) is 1.42. The zero-order chi connectivity index (χ0) is 12.3. The maximum Gasteiger partial charge on any atom is 0.179 e. The predicted octanol–water partition coefficient (Wildman–Crippen LogP) is 1.72. The van der Waals surface area contributed by atoms with E-state index in [1.54, 1.807) is 19.1 Å². The van der Waals surface area contributed by atoms with E-state index in [0.717, 1.165) is 18.4 Å². The molecule has 92 valence electrons. The molecule has 0 amide bonds. The summed E-state index contributed by atoms with van der Waals surface area (Å²) in [6, 6.07) is 7.22. The molecule has 1 aliphatic carbocycles. The Balaban J connectivity index is 2.12. The van der Waals surface area contributed by atoms with E-state index < -0.39 is 15.9 Å². The molecule has 1 aromatic carbocycles. The van der Waals surface area contributed by atoms with Crippen LogP contribution in [0.4, 0.5) is 0 Å². The fourth-order valence-electron chi connectivity index (χ4n) is 3.13. The summed E-state index contributed by atoms with van der Waals surface area (Å²) >= 11 is 0. The van der Waals surface area contributed by atoms with Crippen molar-refractivity contribution in [1.82, 2.24) is 0 Å². The molecule has 2 unspecified atom stereocenters. The van der Waals surface area contributed by atoms with Crippen LogP contribution in [0.2, 0.25) is 0 Å². The van der Waals surface area contributed by atoms with Crippen LogP contribution in [-0.2, 0) is 9.84 Å². The highest BCUT2D eigenvalue weighted by atomic mass is 32.2. The highest BCUT2D eigenvalue weighted by Crippen LogP contribution is 2.61. The quantitative estimate of drug-likeness (QED) is 0.872. The van der Waals surface area contributed by atoms with Gasteiger partial charge in [-0.05, 0) is 31.4 Å². The van der Waals surface area contributed by atoms with Crippen LogP contribution in [0.25, 0.3) is 0 Å². The van der Waals surface area contributed by atoms with Crippen LogP contribution >= 0.6 is 0 Å². The van der Waals surface area contributed by atoms with Crippen LogP contribution in [0.3, 0.4) is 0 Å². The lowest BCUT2D eigenvalue weighted by atomic mass is 9.81. The standard InChI is InChI=1S/C13H16O3S/c1-9(14)13(6-7-13)11-8-17(15,16)12-5-3-2-4-10(11)12/h2-5,9,11,14H,6-8H2,1H3. The number of fused-ring (bicyclic) bond motifs is 1. The van der Waals surface area contributed by atoms with E-state index in [9.17, 15) is 13.5 Å². The Bertz CT molecular complexity index is 556. The number of aliphatic hydroxyl groups excluding tert-OH is 1. The number of aliphatic hydroxyl groups is 1. The van der Waals surface area contributed by atoms with E-state index in [4.69, 9.17) is 0 Å². The maximum absolute atomic E-state index is 12.1. The summed E-state index contributed by atoms with van der Waals surface area (Å²) in [5.74, 6) is 0.140. The minimum atomic E-state index is -3.14. The first-order valence-corrected chi connectivity index (χ1v) is 7.62. The Morgan fingerprint density at radius 2 is 2.00 bits per heavy atom. The van der Waals surface area contributed by atoms with Crippen molar-refractivity contribution in [3.63, 3.8) is 0 Å². The Hall–Kier alpha value is -0.870. The molecule has 17 heavy (non-hydrogen) atoms. The molecule has 1 N–H and O–H groups in total. The first-order valence-electron chi connectivity index (χ1n) is 5.97. The van der Waals surface area contributed by atoms with Gasteiger partial charge in [0.15, 0.2) is 9.84 Å².